The van der Waals surface area contributed by atoms with Gasteiger partial charge in [-0.1, -0.05) is 6.07 Å². The molecule has 0 aromatic heterocycles. The van der Waals surface area contributed by atoms with Gasteiger partial charge in [0.25, 0.3) is 0 Å². The van der Waals surface area contributed by atoms with Crippen molar-refractivity contribution in [1.82, 2.24) is 5.32 Å². The van der Waals surface area contributed by atoms with Crippen LogP contribution in [0.5, 0.6) is 0 Å². The summed E-state index contributed by atoms with van der Waals surface area (Å²) in [5, 5.41) is 6.94. The van der Waals surface area contributed by atoms with Crippen molar-refractivity contribution in [2.45, 2.75) is 38.3 Å². The summed E-state index contributed by atoms with van der Waals surface area (Å²) in [6.45, 7) is 3.31. The third-order valence-electron chi connectivity index (χ3n) is 3.50. The third kappa shape index (κ3) is 3.96. The van der Waals surface area contributed by atoms with E-state index in [1.165, 1.54) is 20.0 Å². The van der Waals surface area contributed by atoms with Crippen molar-refractivity contribution in [1.29, 1.82) is 0 Å². The first-order valence-corrected chi connectivity index (χ1v) is 6.87. The molecule has 2 atom stereocenters. The van der Waals surface area contributed by atoms with Crippen LogP contribution in [0.2, 0.25) is 0 Å². The molecule has 0 saturated carbocycles. The molecule has 4 heteroatoms. The summed E-state index contributed by atoms with van der Waals surface area (Å²) in [5.41, 5.74) is 1.55. The van der Waals surface area contributed by atoms with Crippen molar-refractivity contribution in [3.05, 3.63) is 29.8 Å². The van der Waals surface area contributed by atoms with E-state index in [2.05, 4.69) is 17.6 Å². The SMILES string of the molecule is COC(=O)c1cccc(NC(C)CC2CCCN2)c1. The minimum absolute atomic E-state index is 0.297. The second-order valence-electron chi connectivity index (χ2n) is 5.15. The summed E-state index contributed by atoms with van der Waals surface area (Å²) in [4.78, 5) is 11.5. The number of carbonyl (C=O) groups excluding carboxylic acids is 1. The smallest absolute Gasteiger partial charge is 0.337 e. The van der Waals surface area contributed by atoms with E-state index in [4.69, 9.17) is 4.74 Å². The van der Waals surface area contributed by atoms with Gasteiger partial charge in [0.2, 0.25) is 0 Å². The second-order valence-corrected chi connectivity index (χ2v) is 5.15. The maximum Gasteiger partial charge on any atom is 0.337 e. The van der Waals surface area contributed by atoms with Crippen LogP contribution < -0.4 is 10.6 Å². The predicted molar refractivity (Wildman–Crippen MR) is 76.5 cm³/mol. The van der Waals surface area contributed by atoms with Gasteiger partial charge in [-0.25, -0.2) is 4.79 Å². The maximum absolute atomic E-state index is 11.5. The Morgan fingerprint density at radius 1 is 1.58 bits per heavy atom. The molecule has 1 saturated heterocycles. The summed E-state index contributed by atoms with van der Waals surface area (Å²) >= 11 is 0. The Morgan fingerprint density at radius 3 is 3.11 bits per heavy atom. The van der Waals surface area contributed by atoms with Crippen molar-refractivity contribution < 1.29 is 9.53 Å². The normalized spacial score (nSPS) is 20.0. The van der Waals surface area contributed by atoms with Gasteiger partial charge in [0.1, 0.15) is 0 Å². The Kier molecular flexibility index (Phi) is 4.80. The van der Waals surface area contributed by atoms with Crippen LogP contribution in [0.1, 0.15) is 36.5 Å². The molecule has 0 radical (unpaired) electrons. The molecular weight excluding hydrogens is 240 g/mol. The molecule has 0 amide bonds. The molecule has 2 unspecified atom stereocenters. The molecular formula is C15H22N2O2. The highest BCUT2D eigenvalue weighted by Gasteiger charge is 2.17. The number of carbonyl (C=O) groups is 1. The number of hydrogen-bond acceptors (Lipinski definition) is 4. The quantitative estimate of drug-likeness (QED) is 0.800. The zero-order chi connectivity index (χ0) is 13.7. The van der Waals surface area contributed by atoms with E-state index in [1.807, 2.05) is 18.2 Å². The zero-order valence-corrected chi connectivity index (χ0v) is 11.6. The van der Waals surface area contributed by atoms with Crippen molar-refractivity contribution in [2.75, 3.05) is 19.0 Å². The molecule has 1 fully saturated rings. The highest BCUT2D eigenvalue weighted by atomic mass is 16.5. The zero-order valence-electron chi connectivity index (χ0n) is 11.6. The first-order valence-electron chi connectivity index (χ1n) is 6.87. The van der Waals surface area contributed by atoms with E-state index in [9.17, 15) is 4.79 Å². The molecule has 0 spiro atoms. The number of nitrogens with one attached hydrogen (secondary N) is 2. The Morgan fingerprint density at radius 2 is 2.42 bits per heavy atom. The van der Waals surface area contributed by atoms with Gasteiger partial charge in [0, 0.05) is 17.8 Å². The summed E-state index contributed by atoms with van der Waals surface area (Å²) in [7, 11) is 1.40. The van der Waals surface area contributed by atoms with Crippen molar-refractivity contribution in [3.8, 4) is 0 Å². The predicted octanol–water partition coefficient (Wildman–Crippen LogP) is 2.42. The summed E-state index contributed by atoms with van der Waals surface area (Å²) in [5.74, 6) is -0.297. The minimum Gasteiger partial charge on any atom is -0.465 e. The number of benzene rings is 1. The number of methoxy groups -OCH3 is 1. The number of hydrogen-bond donors (Lipinski definition) is 2. The first kappa shape index (κ1) is 13.9. The van der Waals surface area contributed by atoms with Crippen LogP contribution in [-0.4, -0.2) is 31.7 Å². The summed E-state index contributed by atoms with van der Waals surface area (Å²) in [6, 6.07) is 8.44. The van der Waals surface area contributed by atoms with Crippen LogP contribution in [-0.2, 0) is 4.74 Å². The number of ether oxygens (including phenoxy) is 1. The second kappa shape index (κ2) is 6.57. The van der Waals surface area contributed by atoms with Gasteiger partial charge in [-0.3, -0.25) is 0 Å². The topological polar surface area (TPSA) is 50.4 Å². The van der Waals surface area contributed by atoms with Crippen LogP contribution in [0.15, 0.2) is 24.3 Å². The Bertz CT molecular complexity index is 428. The van der Waals surface area contributed by atoms with Gasteiger partial charge in [-0.05, 0) is 50.9 Å². The van der Waals surface area contributed by atoms with Crippen LogP contribution >= 0.6 is 0 Å². The average molecular weight is 262 g/mol. The van der Waals surface area contributed by atoms with Crippen molar-refractivity contribution >= 4 is 11.7 Å². The van der Waals surface area contributed by atoms with E-state index < -0.39 is 0 Å². The van der Waals surface area contributed by atoms with Gasteiger partial charge in [-0.2, -0.15) is 0 Å². The fraction of sp³-hybridized carbons (Fsp3) is 0.533. The fourth-order valence-electron chi connectivity index (χ4n) is 2.58. The van der Waals surface area contributed by atoms with E-state index in [-0.39, 0.29) is 5.97 Å². The molecule has 1 heterocycles. The fourth-order valence-corrected chi connectivity index (χ4v) is 2.58. The third-order valence-corrected chi connectivity index (χ3v) is 3.50. The lowest BCUT2D eigenvalue weighted by Gasteiger charge is -2.19. The standard InChI is InChI=1S/C15H22N2O2/c1-11(9-13-7-4-8-16-13)17-14-6-3-5-12(10-14)15(18)19-2/h3,5-6,10-11,13,16-17H,4,7-9H2,1-2H3. The summed E-state index contributed by atoms with van der Waals surface area (Å²) < 4.78 is 4.73. The van der Waals surface area contributed by atoms with E-state index in [0.29, 0.717) is 17.6 Å². The average Bonchev–Trinajstić information content (AvgIpc) is 2.90. The highest BCUT2D eigenvalue weighted by Crippen LogP contribution is 2.16. The molecule has 19 heavy (non-hydrogen) atoms. The van der Waals surface area contributed by atoms with Gasteiger partial charge in [0.15, 0.2) is 0 Å². The molecule has 1 aromatic carbocycles. The molecule has 104 valence electrons. The van der Waals surface area contributed by atoms with E-state index in [1.54, 1.807) is 6.07 Å². The van der Waals surface area contributed by atoms with Crippen molar-refractivity contribution in [2.24, 2.45) is 0 Å². The monoisotopic (exact) mass is 262 g/mol. The van der Waals surface area contributed by atoms with Crippen LogP contribution in [0, 0.1) is 0 Å². The molecule has 4 nitrogen and oxygen atoms in total. The lowest BCUT2D eigenvalue weighted by atomic mass is 10.1. The summed E-state index contributed by atoms with van der Waals surface area (Å²) in [6.07, 6.45) is 3.63. The van der Waals surface area contributed by atoms with Crippen LogP contribution in [0.3, 0.4) is 0 Å². The Balaban J connectivity index is 1.92. The van der Waals surface area contributed by atoms with Crippen LogP contribution in [0.25, 0.3) is 0 Å². The molecule has 1 aliphatic rings. The highest BCUT2D eigenvalue weighted by molar-refractivity contribution is 5.90. The van der Waals surface area contributed by atoms with Gasteiger partial charge < -0.3 is 15.4 Å². The lowest BCUT2D eigenvalue weighted by Crippen LogP contribution is -2.29. The van der Waals surface area contributed by atoms with E-state index in [0.717, 1.165) is 18.7 Å². The minimum atomic E-state index is -0.297. The Hall–Kier alpha value is -1.55. The number of anilines is 1. The molecule has 0 bridgehead atoms. The lowest BCUT2D eigenvalue weighted by molar-refractivity contribution is 0.0601. The molecule has 2 N–H and O–H groups in total. The van der Waals surface area contributed by atoms with Crippen LogP contribution in [0.4, 0.5) is 5.69 Å². The molecule has 1 aromatic rings. The Labute approximate surface area is 114 Å². The molecule has 1 aliphatic heterocycles. The van der Waals surface area contributed by atoms with Gasteiger partial charge in [-0.15, -0.1) is 0 Å². The number of esters is 1. The molecule has 0 aliphatic carbocycles. The first-order chi connectivity index (χ1) is 9.19. The van der Waals surface area contributed by atoms with E-state index >= 15 is 0 Å². The largest absolute Gasteiger partial charge is 0.465 e. The van der Waals surface area contributed by atoms with Gasteiger partial charge >= 0.3 is 5.97 Å². The number of rotatable bonds is 5. The van der Waals surface area contributed by atoms with Crippen molar-refractivity contribution in [3.63, 3.8) is 0 Å². The maximum atomic E-state index is 11.5. The molecule has 2 rings (SSSR count). The van der Waals surface area contributed by atoms with Gasteiger partial charge in [0.05, 0.1) is 12.7 Å².